The molecule has 0 aromatic rings. The summed E-state index contributed by atoms with van der Waals surface area (Å²) in [5.74, 6) is 0.710. The van der Waals surface area contributed by atoms with Crippen molar-refractivity contribution in [3.63, 3.8) is 0 Å². The number of carbonyl (C=O) groups excluding carboxylic acids is 1. The molecule has 0 heterocycles. The smallest absolute Gasteiger partial charge is 0.223 e. The van der Waals surface area contributed by atoms with Gasteiger partial charge >= 0.3 is 0 Å². The maximum atomic E-state index is 11.8. The van der Waals surface area contributed by atoms with Gasteiger partial charge in [0.1, 0.15) is 0 Å². The van der Waals surface area contributed by atoms with Crippen molar-refractivity contribution in [3.8, 4) is 0 Å². The van der Waals surface area contributed by atoms with Gasteiger partial charge in [-0.05, 0) is 19.8 Å². The van der Waals surface area contributed by atoms with E-state index >= 15 is 0 Å². The molecule has 0 fully saturated rings. The summed E-state index contributed by atoms with van der Waals surface area (Å²) in [4.78, 5) is 13.7. The molecular weight excluding hydrogens is 176 g/mol. The molecule has 0 saturated carbocycles. The van der Waals surface area contributed by atoms with Crippen molar-refractivity contribution in [1.29, 1.82) is 0 Å². The summed E-state index contributed by atoms with van der Waals surface area (Å²) in [6, 6.07) is 0.259. The topological polar surface area (TPSA) is 46.3 Å². The first-order valence-corrected chi connectivity index (χ1v) is 5.52. The molecule has 3 nitrogen and oxygen atoms in total. The predicted molar refractivity (Wildman–Crippen MR) is 60.0 cm³/mol. The maximum Gasteiger partial charge on any atom is 0.223 e. The number of nitrogens with zero attached hydrogens (tertiary/aromatic N) is 1. The van der Waals surface area contributed by atoms with E-state index in [1.165, 1.54) is 0 Å². The van der Waals surface area contributed by atoms with Crippen molar-refractivity contribution in [2.75, 3.05) is 13.1 Å². The molecule has 2 N–H and O–H groups in total. The van der Waals surface area contributed by atoms with E-state index in [1.54, 1.807) is 0 Å². The molecule has 0 aliphatic rings. The van der Waals surface area contributed by atoms with Gasteiger partial charge in [-0.15, -0.1) is 0 Å². The summed E-state index contributed by atoms with van der Waals surface area (Å²) < 4.78 is 0. The monoisotopic (exact) mass is 200 g/mol. The lowest BCUT2D eigenvalue weighted by molar-refractivity contribution is -0.133. The Hall–Kier alpha value is -0.570. The van der Waals surface area contributed by atoms with Gasteiger partial charge in [0.05, 0.1) is 0 Å². The molecule has 1 unspecified atom stereocenters. The first kappa shape index (κ1) is 13.4. The Morgan fingerprint density at radius 3 is 2.29 bits per heavy atom. The number of hydrogen-bond donors (Lipinski definition) is 1. The minimum Gasteiger partial charge on any atom is -0.339 e. The van der Waals surface area contributed by atoms with Crippen molar-refractivity contribution >= 4 is 5.91 Å². The fraction of sp³-hybridized carbons (Fsp3) is 0.909. The molecule has 0 bridgehead atoms. The molecule has 0 aromatic carbocycles. The summed E-state index contributed by atoms with van der Waals surface area (Å²) in [5, 5.41) is 0. The first-order valence-electron chi connectivity index (χ1n) is 5.52. The number of hydrogen-bond acceptors (Lipinski definition) is 2. The van der Waals surface area contributed by atoms with Crippen molar-refractivity contribution in [2.24, 2.45) is 11.7 Å². The minimum atomic E-state index is 0.236. The molecule has 1 amide bonds. The van der Waals surface area contributed by atoms with E-state index in [4.69, 9.17) is 5.73 Å². The lowest BCUT2D eigenvalue weighted by Gasteiger charge is -2.27. The summed E-state index contributed by atoms with van der Waals surface area (Å²) in [5.41, 5.74) is 5.47. The molecule has 84 valence electrons. The Bertz CT molecular complexity index is 169. The molecule has 0 radical (unpaired) electrons. The third-order valence-corrected chi connectivity index (χ3v) is 2.53. The van der Waals surface area contributed by atoms with Crippen LogP contribution in [0.3, 0.4) is 0 Å². The number of carbonyl (C=O) groups is 1. The summed E-state index contributed by atoms with van der Waals surface area (Å²) >= 11 is 0. The fourth-order valence-corrected chi connectivity index (χ4v) is 1.37. The van der Waals surface area contributed by atoms with Gasteiger partial charge in [0, 0.05) is 25.6 Å². The normalized spacial score (nSPS) is 13.0. The van der Waals surface area contributed by atoms with Crippen LogP contribution in [0.15, 0.2) is 0 Å². The fourth-order valence-electron chi connectivity index (χ4n) is 1.37. The van der Waals surface area contributed by atoms with Gasteiger partial charge in [-0.2, -0.15) is 0 Å². The Morgan fingerprint density at radius 2 is 1.93 bits per heavy atom. The van der Waals surface area contributed by atoms with Crippen LogP contribution < -0.4 is 5.73 Å². The van der Waals surface area contributed by atoms with Gasteiger partial charge < -0.3 is 10.6 Å². The van der Waals surface area contributed by atoms with Crippen LogP contribution in [0.1, 0.15) is 40.5 Å². The second-order valence-corrected chi connectivity index (χ2v) is 4.19. The van der Waals surface area contributed by atoms with Gasteiger partial charge in [0.25, 0.3) is 0 Å². The molecule has 0 aliphatic heterocycles. The Kier molecular flexibility index (Phi) is 6.54. The Balaban J connectivity index is 4.15. The zero-order chi connectivity index (χ0) is 11.1. The van der Waals surface area contributed by atoms with Crippen LogP contribution in [0.25, 0.3) is 0 Å². The Labute approximate surface area is 87.6 Å². The second kappa shape index (κ2) is 6.82. The van der Waals surface area contributed by atoms with E-state index in [0.29, 0.717) is 25.4 Å². The number of rotatable bonds is 6. The van der Waals surface area contributed by atoms with Gasteiger partial charge in [-0.25, -0.2) is 0 Å². The van der Waals surface area contributed by atoms with Crippen LogP contribution in [0, 0.1) is 5.92 Å². The zero-order valence-corrected chi connectivity index (χ0v) is 9.92. The molecule has 0 rings (SSSR count). The third-order valence-electron chi connectivity index (χ3n) is 2.53. The van der Waals surface area contributed by atoms with E-state index < -0.39 is 0 Å². The first-order chi connectivity index (χ1) is 6.52. The third kappa shape index (κ3) is 4.61. The molecule has 1 atom stereocenters. The highest BCUT2D eigenvalue weighted by atomic mass is 16.2. The molecule has 0 spiro atoms. The predicted octanol–water partition coefficient (Wildman–Crippen LogP) is 1.62. The van der Waals surface area contributed by atoms with Gasteiger partial charge in [-0.3, -0.25) is 4.79 Å². The molecule has 0 aliphatic carbocycles. The van der Waals surface area contributed by atoms with Crippen molar-refractivity contribution < 1.29 is 4.79 Å². The zero-order valence-electron chi connectivity index (χ0n) is 9.92. The van der Waals surface area contributed by atoms with Crippen LogP contribution in [0.5, 0.6) is 0 Å². The lowest BCUT2D eigenvalue weighted by atomic mass is 10.0. The summed E-state index contributed by atoms with van der Waals surface area (Å²) in [6.45, 7) is 9.51. The molecule has 3 heteroatoms. The number of nitrogens with two attached hydrogens (primary N) is 1. The number of amides is 1. The standard InChI is InChI=1S/C11H24N2O/c1-5-10(4)8-11(14)13(7-6-12)9(2)3/h9-10H,5-8,12H2,1-4H3. The molecule has 14 heavy (non-hydrogen) atoms. The second-order valence-electron chi connectivity index (χ2n) is 4.19. The molecule has 0 aromatic heterocycles. The van der Waals surface area contributed by atoms with Crippen LogP contribution in [0.4, 0.5) is 0 Å². The van der Waals surface area contributed by atoms with Crippen molar-refractivity contribution in [2.45, 2.75) is 46.6 Å². The average molecular weight is 200 g/mol. The summed E-state index contributed by atoms with van der Waals surface area (Å²) in [7, 11) is 0. The average Bonchev–Trinajstić information content (AvgIpc) is 2.13. The van der Waals surface area contributed by atoms with Crippen molar-refractivity contribution in [3.05, 3.63) is 0 Å². The van der Waals surface area contributed by atoms with Gasteiger partial charge in [-0.1, -0.05) is 20.3 Å². The van der Waals surface area contributed by atoms with E-state index in [1.807, 2.05) is 18.7 Å². The minimum absolute atomic E-state index is 0.236. The largest absolute Gasteiger partial charge is 0.339 e. The lowest BCUT2D eigenvalue weighted by Crippen LogP contribution is -2.40. The SMILES string of the molecule is CCC(C)CC(=O)N(CCN)C(C)C. The highest BCUT2D eigenvalue weighted by molar-refractivity contribution is 5.76. The van der Waals surface area contributed by atoms with Crippen LogP contribution in [-0.4, -0.2) is 29.9 Å². The highest BCUT2D eigenvalue weighted by Crippen LogP contribution is 2.10. The maximum absolute atomic E-state index is 11.8. The summed E-state index contributed by atoms with van der Waals surface area (Å²) in [6.07, 6.45) is 1.70. The molecular formula is C11H24N2O. The van der Waals surface area contributed by atoms with E-state index in [0.717, 1.165) is 6.42 Å². The molecule has 0 saturated heterocycles. The van der Waals surface area contributed by atoms with Gasteiger partial charge in [0.2, 0.25) is 5.91 Å². The van der Waals surface area contributed by atoms with Crippen LogP contribution in [0.2, 0.25) is 0 Å². The van der Waals surface area contributed by atoms with Crippen molar-refractivity contribution in [1.82, 2.24) is 4.90 Å². The van der Waals surface area contributed by atoms with E-state index in [-0.39, 0.29) is 11.9 Å². The Morgan fingerprint density at radius 1 is 1.36 bits per heavy atom. The highest BCUT2D eigenvalue weighted by Gasteiger charge is 2.17. The van der Waals surface area contributed by atoms with Crippen LogP contribution in [-0.2, 0) is 4.79 Å². The van der Waals surface area contributed by atoms with E-state index in [9.17, 15) is 4.79 Å². The quantitative estimate of drug-likeness (QED) is 0.708. The van der Waals surface area contributed by atoms with Gasteiger partial charge in [0.15, 0.2) is 0 Å². The van der Waals surface area contributed by atoms with Crippen LogP contribution >= 0.6 is 0 Å². The van der Waals surface area contributed by atoms with E-state index in [2.05, 4.69) is 13.8 Å².